The van der Waals surface area contributed by atoms with Gasteiger partial charge in [-0.15, -0.1) is 11.3 Å². The molecule has 1 aliphatic rings. The first-order valence-electron chi connectivity index (χ1n) is 8.77. The summed E-state index contributed by atoms with van der Waals surface area (Å²) in [6, 6.07) is 7.41. The molecule has 1 aliphatic heterocycles. The first-order chi connectivity index (χ1) is 13.1. The van der Waals surface area contributed by atoms with E-state index in [4.69, 9.17) is 4.74 Å². The molecule has 2 aromatic rings. The van der Waals surface area contributed by atoms with E-state index >= 15 is 0 Å². The van der Waals surface area contributed by atoms with Crippen molar-refractivity contribution in [3.63, 3.8) is 0 Å². The van der Waals surface area contributed by atoms with E-state index < -0.39 is 29.1 Å². The number of aliphatic hydroxyl groups is 1. The van der Waals surface area contributed by atoms with Gasteiger partial charge in [-0.05, 0) is 31.0 Å². The molecule has 1 saturated heterocycles. The van der Waals surface area contributed by atoms with Gasteiger partial charge in [-0.25, -0.2) is 4.98 Å². The fraction of sp³-hybridized carbons (Fsp3) is 0.474. The lowest BCUT2D eigenvalue weighted by molar-refractivity contribution is -0.268. The Kier molecular flexibility index (Phi) is 5.67. The molecule has 2 heterocycles. The van der Waals surface area contributed by atoms with Crippen molar-refractivity contribution in [3.05, 3.63) is 45.9 Å². The minimum absolute atomic E-state index is 0.0379. The molecule has 0 spiro atoms. The quantitative estimate of drug-likeness (QED) is 0.812. The standard InChI is InChI=1S/C19H21F3N2O3S/c1-12-11-28-17(23-12)18(26,19(20,21)22)9-16(25)24-8-7-14(10-24)13-3-5-15(27-2)6-4-13/h3-6,11,14,26H,7-10H2,1-2H3. The number of aryl methyl sites for hydroxylation is 1. The predicted molar refractivity (Wildman–Crippen MR) is 98.4 cm³/mol. The van der Waals surface area contributed by atoms with Gasteiger partial charge in [0.2, 0.25) is 11.5 Å². The van der Waals surface area contributed by atoms with Gasteiger partial charge in [0.1, 0.15) is 10.8 Å². The van der Waals surface area contributed by atoms with Crippen LogP contribution in [0, 0.1) is 6.92 Å². The van der Waals surface area contributed by atoms with Crippen molar-refractivity contribution in [2.24, 2.45) is 0 Å². The molecule has 5 nitrogen and oxygen atoms in total. The molecule has 28 heavy (non-hydrogen) atoms. The zero-order valence-electron chi connectivity index (χ0n) is 15.5. The zero-order chi connectivity index (χ0) is 20.5. The molecule has 152 valence electrons. The molecule has 1 fully saturated rings. The van der Waals surface area contributed by atoms with Crippen molar-refractivity contribution in [2.45, 2.75) is 37.5 Å². The Morgan fingerprint density at radius 2 is 2.04 bits per heavy atom. The highest BCUT2D eigenvalue weighted by molar-refractivity contribution is 7.09. The Bertz CT molecular complexity index is 838. The number of thiazole rings is 1. The Morgan fingerprint density at radius 3 is 2.57 bits per heavy atom. The molecule has 0 aliphatic carbocycles. The fourth-order valence-corrected chi connectivity index (χ4v) is 4.22. The number of amides is 1. The van der Waals surface area contributed by atoms with Gasteiger partial charge in [-0.1, -0.05) is 12.1 Å². The molecule has 2 unspecified atom stereocenters. The van der Waals surface area contributed by atoms with Crippen molar-refractivity contribution in [3.8, 4) is 5.75 Å². The second kappa shape index (κ2) is 7.71. The van der Waals surface area contributed by atoms with Crippen LogP contribution < -0.4 is 4.74 Å². The van der Waals surface area contributed by atoms with Crippen LogP contribution in [0.15, 0.2) is 29.6 Å². The molecular formula is C19H21F3N2O3S. The molecule has 3 rings (SSSR count). The van der Waals surface area contributed by atoms with E-state index in [0.29, 0.717) is 42.3 Å². The minimum Gasteiger partial charge on any atom is -0.497 e. The maximum atomic E-state index is 13.6. The number of likely N-dealkylation sites (tertiary alicyclic amines) is 1. The highest BCUT2D eigenvalue weighted by atomic mass is 32.1. The normalized spacial score (nSPS) is 19.5. The topological polar surface area (TPSA) is 62.7 Å². The van der Waals surface area contributed by atoms with Crippen LogP contribution in [0.1, 0.15) is 35.0 Å². The van der Waals surface area contributed by atoms with E-state index in [-0.39, 0.29) is 5.92 Å². The Labute approximate surface area is 164 Å². The molecule has 1 N–H and O–H groups in total. The number of hydrogen-bond acceptors (Lipinski definition) is 5. The average molecular weight is 414 g/mol. The minimum atomic E-state index is -5.00. The van der Waals surface area contributed by atoms with E-state index in [2.05, 4.69) is 4.98 Å². The molecule has 1 aromatic carbocycles. The van der Waals surface area contributed by atoms with Crippen LogP contribution in [0.2, 0.25) is 0 Å². The first kappa shape index (κ1) is 20.6. The van der Waals surface area contributed by atoms with Crippen LogP contribution in [-0.4, -0.2) is 47.3 Å². The maximum absolute atomic E-state index is 13.6. The predicted octanol–water partition coefficient (Wildman–Crippen LogP) is 3.62. The SMILES string of the molecule is COc1ccc(C2CCN(C(=O)CC(O)(c3nc(C)cs3)C(F)(F)F)C2)cc1. The van der Waals surface area contributed by atoms with Crippen LogP contribution in [0.5, 0.6) is 5.75 Å². The second-order valence-corrected chi connectivity index (χ2v) is 7.79. The first-order valence-corrected chi connectivity index (χ1v) is 9.65. The van der Waals surface area contributed by atoms with Crippen LogP contribution >= 0.6 is 11.3 Å². The molecular weight excluding hydrogens is 393 g/mol. The van der Waals surface area contributed by atoms with Gasteiger partial charge in [-0.3, -0.25) is 4.79 Å². The third-order valence-corrected chi connectivity index (χ3v) is 6.09. The largest absolute Gasteiger partial charge is 0.497 e. The van der Waals surface area contributed by atoms with Crippen molar-refractivity contribution < 1.29 is 27.8 Å². The van der Waals surface area contributed by atoms with Gasteiger partial charge in [0.05, 0.1) is 13.5 Å². The van der Waals surface area contributed by atoms with E-state index in [1.807, 2.05) is 24.3 Å². The molecule has 9 heteroatoms. The monoisotopic (exact) mass is 414 g/mol. The number of halogens is 3. The van der Waals surface area contributed by atoms with Gasteiger partial charge in [0.25, 0.3) is 0 Å². The van der Waals surface area contributed by atoms with Crippen molar-refractivity contribution in [1.82, 2.24) is 9.88 Å². The number of benzene rings is 1. The van der Waals surface area contributed by atoms with E-state index in [1.54, 1.807) is 14.0 Å². The lowest BCUT2D eigenvalue weighted by Gasteiger charge is -2.29. The lowest BCUT2D eigenvalue weighted by atomic mass is 9.98. The fourth-order valence-electron chi connectivity index (χ4n) is 3.31. The summed E-state index contributed by atoms with van der Waals surface area (Å²) in [5, 5.41) is 11.3. The summed E-state index contributed by atoms with van der Waals surface area (Å²) in [6.07, 6.45) is -5.42. The highest BCUT2D eigenvalue weighted by Crippen LogP contribution is 2.43. The van der Waals surface area contributed by atoms with Crippen molar-refractivity contribution in [1.29, 1.82) is 0 Å². The number of carbonyl (C=O) groups excluding carboxylic acids is 1. The van der Waals surface area contributed by atoms with Gasteiger partial charge in [-0.2, -0.15) is 13.2 Å². The Balaban J connectivity index is 1.72. The molecule has 1 amide bonds. The Hall–Kier alpha value is -2.13. The number of hydrogen-bond donors (Lipinski definition) is 1. The smallest absolute Gasteiger partial charge is 0.424 e. The summed E-state index contributed by atoms with van der Waals surface area (Å²) in [6.45, 7) is 2.20. The summed E-state index contributed by atoms with van der Waals surface area (Å²) in [5.74, 6) is 0.0169. The lowest BCUT2D eigenvalue weighted by Crippen LogP contribution is -2.46. The van der Waals surface area contributed by atoms with Crippen molar-refractivity contribution in [2.75, 3.05) is 20.2 Å². The summed E-state index contributed by atoms with van der Waals surface area (Å²) < 4.78 is 45.9. The van der Waals surface area contributed by atoms with Crippen LogP contribution in [0.3, 0.4) is 0 Å². The molecule has 2 atom stereocenters. The molecule has 0 saturated carbocycles. The van der Waals surface area contributed by atoms with Gasteiger partial charge < -0.3 is 14.7 Å². The van der Waals surface area contributed by atoms with Crippen molar-refractivity contribution >= 4 is 17.2 Å². The van der Waals surface area contributed by atoms with Crippen LogP contribution in [-0.2, 0) is 10.4 Å². The number of nitrogens with zero attached hydrogens (tertiary/aromatic N) is 2. The zero-order valence-corrected chi connectivity index (χ0v) is 16.3. The van der Waals surface area contributed by atoms with Gasteiger partial charge in [0, 0.05) is 30.1 Å². The molecule has 0 bridgehead atoms. The third-order valence-electron chi connectivity index (χ3n) is 4.98. The highest BCUT2D eigenvalue weighted by Gasteiger charge is 2.58. The van der Waals surface area contributed by atoms with Gasteiger partial charge >= 0.3 is 6.18 Å². The summed E-state index contributed by atoms with van der Waals surface area (Å²) in [4.78, 5) is 17.7. The molecule has 0 radical (unpaired) electrons. The summed E-state index contributed by atoms with van der Waals surface area (Å²) in [5.41, 5.74) is -1.91. The summed E-state index contributed by atoms with van der Waals surface area (Å²) in [7, 11) is 1.57. The van der Waals surface area contributed by atoms with Crippen LogP contribution in [0.25, 0.3) is 0 Å². The number of methoxy groups -OCH3 is 1. The average Bonchev–Trinajstić information content (AvgIpc) is 3.30. The number of rotatable bonds is 5. The van der Waals surface area contributed by atoms with E-state index in [1.165, 1.54) is 10.3 Å². The van der Waals surface area contributed by atoms with E-state index in [0.717, 1.165) is 5.56 Å². The number of alkyl halides is 3. The second-order valence-electron chi connectivity index (χ2n) is 6.93. The Morgan fingerprint density at radius 1 is 1.36 bits per heavy atom. The van der Waals surface area contributed by atoms with E-state index in [9.17, 15) is 23.1 Å². The maximum Gasteiger partial charge on any atom is 0.424 e. The number of ether oxygens (including phenoxy) is 1. The van der Waals surface area contributed by atoms with Gasteiger partial charge in [0.15, 0.2) is 0 Å². The third kappa shape index (κ3) is 4.00. The number of carbonyl (C=O) groups is 1. The number of aromatic nitrogens is 1. The molecule has 1 aromatic heterocycles. The van der Waals surface area contributed by atoms with Crippen LogP contribution in [0.4, 0.5) is 13.2 Å². The summed E-state index contributed by atoms with van der Waals surface area (Å²) >= 11 is 0.705.